The molecule has 2 nitrogen and oxygen atoms in total. The summed E-state index contributed by atoms with van der Waals surface area (Å²) in [7, 11) is 1.74. The van der Waals surface area contributed by atoms with Crippen LogP contribution in [0.4, 0.5) is 0 Å². The summed E-state index contributed by atoms with van der Waals surface area (Å²) in [6.45, 7) is 1.74. The van der Waals surface area contributed by atoms with Gasteiger partial charge in [0.25, 0.3) is 0 Å². The van der Waals surface area contributed by atoms with E-state index in [0.717, 1.165) is 13.2 Å². The maximum Gasteiger partial charge on any atom is 0.0657 e. The number of hydrogen-bond donors (Lipinski definition) is 1. The minimum Gasteiger partial charge on any atom is -0.383 e. The van der Waals surface area contributed by atoms with E-state index in [2.05, 4.69) is 29.6 Å². The average molecular weight is 200 g/mol. The Morgan fingerprint density at radius 3 is 3.00 bits per heavy atom. The van der Waals surface area contributed by atoms with Crippen molar-refractivity contribution in [1.82, 2.24) is 5.32 Å². The Hall–Kier alpha value is -0.570. The first-order valence-corrected chi connectivity index (χ1v) is 4.22. The summed E-state index contributed by atoms with van der Waals surface area (Å²) < 4.78 is 5.12. The molecule has 1 aliphatic rings. The average Bonchev–Trinajstić information content (AvgIpc) is 2.50. The molecule has 3 heteroatoms. The predicted octanol–water partition coefficient (Wildman–Crippen LogP) is 1.90. The molecule has 13 heavy (non-hydrogen) atoms. The number of benzene rings is 1. The fourth-order valence-electron chi connectivity index (χ4n) is 1.69. The van der Waals surface area contributed by atoms with E-state index in [1.165, 1.54) is 11.1 Å². The van der Waals surface area contributed by atoms with Gasteiger partial charge in [-0.15, -0.1) is 12.4 Å². The standard InChI is InChI=1S/C10H13NO.ClH/c1-12-7-10-9-5-3-2-4-8(9)6-11-10;/h2-5,10-11H,6-7H2,1H3;1H. The van der Waals surface area contributed by atoms with Gasteiger partial charge >= 0.3 is 0 Å². The van der Waals surface area contributed by atoms with E-state index in [1.807, 2.05) is 0 Å². The van der Waals surface area contributed by atoms with Crippen molar-refractivity contribution in [1.29, 1.82) is 0 Å². The lowest BCUT2D eigenvalue weighted by molar-refractivity contribution is 0.171. The Balaban J connectivity index is 0.000000845. The van der Waals surface area contributed by atoms with E-state index in [1.54, 1.807) is 7.11 Å². The molecular formula is C10H14ClNO. The number of fused-ring (bicyclic) bond motifs is 1. The minimum atomic E-state index is 0. The van der Waals surface area contributed by atoms with E-state index in [9.17, 15) is 0 Å². The predicted molar refractivity (Wildman–Crippen MR) is 55.1 cm³/mol. The van der Waals surface area contributed by atoms with Crippen molar-refractivity contribution in [2.75, 3.05) is 13.7 Å². The number of methoxy groups -OCH3 is 1. The first-order chi connectivity index (χ1) is 5.92. The summed E-state index contributed by atoms with van der Waals surface area (Å²) in [4.78, 5) is 0. The molecule has 0 radical (unpaired) electrons. The molecule has 1 N–H and O–H groups in total. The van der Waals surface area contributed by atoms with E-state index < -0.39 is 0 Å². The maximum absolute atomic E-state index is 5.12. The molecule has 0 spiro atoms. The highest BCUT2D eigenvalue weighted by atomic mass is 35.5. The van der Waals surface area contributed by atoms with Crippen molar-refractivity contribution in [3.8, 4) is 0 Å². The quantitative estimate of drug-likeness (QED) is 0.786. The van der Waals surface area contributed by atoms with Crippen LogP contribution in [-0.2, 0) is 11.3 Å². The summed E-state index contributed by atoms with van der Waals surface area (Å²) in [5.41, 5.74) is 2.79. The summed E-state index contributed by atoms with van der Waals surface area (Å²) in [5.74, 6) is 0. The zero-order chi connectivity index (χ0) is 8.39. The zero-order valence-electron chi connectivity index (χ0n) is 7.62. The third-order valence-corrected chi connectivity index (χ3v) is 2.30. The van der Waals surface area contributed by atoms with E-state index in [0.29, 0.717) is 6.04 Å². The molecular weight excluding hydrogens is 186 g/mol. The normalized spacial score (nSPS) is 19.3. The second kappa shape index (κ2) is 4.61. The third-order valence-electron chi connectivity index (χ3n) is 2.30. The van der Waals surface area contributed by atoms with Crippen molar-refractivity contribution in [3.05, 3.63) is 35.4 Å². The first-order valence-electron chi connectivity index (χ1n) is 4.22. The van der Waals surface area contributed by atoms with Crippen molar-refractivity contribution in [2.24, 2.45) is 0 Å². The minimum absolute atomic E-state index is 0. The van der Waals surface area contributed by atoms with Crippen LogP contribution in [0.25, 0.3) is 0 Å². The first kappa shape index (κ1) is 10.5. The number of hydrogen-bond acceptors (Lipinski definition) is 2. The van der Waals surface area contributed by atoms with Gasteiger partial charge in [0.05, 0.1) is 12.6 Å². The monoisotopic (exact) mass is 199 g/mol. The Kier molecular flexibility index (Phi) is 3.72. The molecule has 0 bridgehead atoms. The van der Waals surface area contributed by atoms with Gasteiger partial charge in [0.1, 0.15) is 0 Å². The molecule has 0 saturated carbocycles. The van der Waals surface area contributed by atoms with E-state index in [-0.39, 0.29) is 12.4 Å². The number of nitrogens with one attached hydrogen (secondary N) is 1. The van der Waals surface area contributed by atoms with Crippen molar-refractivity contribution < 1.29 is 4.74 Å². The van der Waals surface area contributed by atoms with Gasteiger partial charge in [-0.3, -0.25) is 0 Å². The van der Waals surface area contributed by atoms with Crippen LogP contribution in [-0.4, -0.2) is 13.7 Å². The van der Waals surface area contributed by atoms with E-state index in [4.69, 9.17) is 4.74 Å². The van der Waals surface area contributed by atoms with Crippen molar-refractivity contribution in [3.63, 3.8) is 0 Å². The molecule has 2 rings (SSSR count). The SMILES string of the molecule is COCC1NCc2ccccc21.Cl. The van der Waals surface area contributed by atoms with Gasteiger partial charge in [-0.2, -0.15) is 0 Å². The Labute approximate surface area is 84.7 Å². The summed E-state index contributed by atoms with van der Waals surface area (Å²) in [6, 6.07) is 8.88. The second-order valence-corrected chi connectivity index (χ2v) is 3.09. The molecule has 0 aliphatic carbocycles. The van der Waals surface area contributed by atoms with Crippen molar-refractivity contribution >= 4 is 12.4 Å². The third kappa shape index (κ3) is 2.02. The molecule has 1 aromatic carbocycles. The second-order valence-electron chi connectivity index (χ2n) is 3.09. The highest BCUT2D eigenvalue weighted by Gasteiger charge is 2.20. The Bertz CT molecular complexity index is 275. The smallest absolute Gasteiger partial charge is 0.0657 e. The highest BCUT2D eigenvalue weighted by Crippen LogP contribution is 2.24. The number of halogens is 1. The molecule has 1 aliphatic heterocycles. The van der Waals surface area contributed by atoms with Crippen LogP contribution in [0.15, 0.2) is 24.3 Å². The van der Waals surface area contributed by atoms with Crippen LogP contribution in [0.5, 0.6) is 0 Å². The maximum atomic E-state index is 5.12. The summed E-state index contributed by atoms with van der Waals surface area (Å²) in [5, 5.41) is 3.40. The lowest BCUT2D eigenvalue weighted by Gasteiger charge is -2.09. The summed E-state index contributed by atoms with van der Waals surface area (Å²) in [6.07, 6.45) is 0. The highest BCUT2D eigenvalue weighted by molar-refractivity contribution is 5.85. The van der Waals surface area contributed by atoms with Gasteiger partial charge in [-0.05, 0) is 11.1 Å². The molecule has 0 fully saturated rings. The molecule has 1 atom stereocenters. The number of ether oxygens (including phenoxy) is 1. The topological polar surface area (TPSA) is 21.3 Å². The summed E-state index contributed by atoms with van der Waals surface area (Å²) >= 11 is 0. The lowest BCUT2D eigenvalue weighted by Crippen LogP contribution is -2.16. The van der Waals surface area contributed by atoms with Gasteiger partial charge in [0.2, 0.25) is 0 Å². The fraction of sp³-hybridized carbons (Fsp3) is 0.400. The van der Waals surface area contributed by atoms with Crippen LogP contribution in [0.2, 0.25) is 0 Å². The fourth-order valence-corrected chi connectivity index (χ4v) is 1.69. The molecule has 1 unspecified atom stereocenters. The van der Waals surface area contributed by atoms with Crippen LogP contribution in [0, 0.1) is 0 Å². The molecule has 0 amide bonds. The molecule has 0 aromatic heterocycles. The zero-order valence-corrected chi connectivity index (χ0v) is 8.43. The van der Waals surface area contributed by atoms with Crippen LogP contribution < -0.4 is 5.32 Å². The van der Waals surface area contributed by atoms with E-state index >= 15 is 0 Å². The number of rotatable bonds is 2. The van der Waals surface area contributed by atoms with Crippen molar-refractivity contribution in [2.45, 2.75) is 12.6 Å². The van der Waals surface area contributed by atoms with Crippen LogP contribution in [0.3, 0.4) is 0 Å². The van der Waals surface area contributed by atoms with Crippen LogP contribution in [0.1, 0.15) is 17.2 Å². The lowest BCUT2D eigenvalue weighted by atomic mass is 10.1. The van der Waals surface area contributed by atoms with Gasteiger partial charge in [0.15, 0.2) is 0 Å². The molecule has 1 aromatic rings. The molecule has 0 saturated heterocycles. The van der Waals surface area contributed by atoms with Crippen LogP contribution >= 0.6 is 12.4 Å². The molecule has 1 heterocycles. The Morgan fingerprint density at radius 2 is 2.23 bits per heavy atom. The largest absolute Gasteiger partial charge is 0.383 e. The Morgan fingerprint density at radius 1 is 1.46 bits per heavy atom. The van der Waals surface area contributed by atoms with Gasteiger partial charge in [-0.1, -0.05) is 24.3 Å². The van der Waals surface area contributed by atoms with Gasteiger partial charge in [-0.25, -0.2) is 0 Å². The molecule has 72 valence electrons. The van der Waals surface area contributed by atoms with Gasteiger partial charge in [0, 0.05) is 13.7 Å². The van der Waals surface area contributed by atoms with Gasteiger partial charge < -0.3 is 10.1 Å².